The number of amides is 1. The number of benzene rings is 1. The van der Waals surface area contributed by atoms with Gasteiger partial charge in [-0.1, -0.05) is 29.8 Å². The Morgan fingerprint density at radius 3 is 2.40 bits per heavy atom. The lowest BCUT2D eigenvalue weighted by Crippen LogP contribution is -2.31. The molecule has 1 heterocycles. The number of hydrogen-bond donors (Lipinski definition) is 1. The lowest BCUT2D eigenvalue weighted by molar-refractivity contribution is -0.131. The van der Waals surface area contributed by atoms with E-state index in [1.807, 2.05) is 25.9 Å². The maximum Gasteiger partial charge on any atom is 0.224 e. The molecule has 0 spiro atoms. The number of thiazole rings is 1. The van der Waals surface area contributed by atoms with E-state index >= 15 is 0 Å². The molecule has 1 atom stereocenters. The minimum absolute atomic E-state index is 0. The normalized spacial score (nSPS) is 11.2. The van der Waals surface area contributed by atoms with Gasteiger partial charge in [-0.25, -0.2) is 4.98 Å². The van der Waals surface area contributed by atoms with Crippen LogP contribution in [0, 0.1) is 13.8 Å². The number of carbonyl (C=O) groups excluding carboxylic acids is 1. The predicted octanol–water partition coefficient (Wildman–Crippen LogP) is 4.40. The maximum atomic E-state index is 12.2. The molecule has 0 saturated carbocycles. The molecule has 1 amide bonds. The van der Waals surface area contributed by atoms with Crippen molar-refractivity contribution in [3.05, 3.63) is 40.4 Å². The highest BCUT2D eigenvalue weighted by molar-refractivity contribution is 7.15. The Hall–Kier alpha value is -1.14. The summed E-state index contributed by atoms with van der Waals surface area (Å²) >= 11 is 1.68. The van der Waals surface area contributed by atoms with Gasteiger partial charge in [0.05, 0.1) is 16.6 Å². The van der Waals surface area contributed by atoms with E-state index in [0.717, 1.165) is 21.1 Å². The van der Waals surface area contributed by atoms with Gasteiger partial charge in [0.1, 0.15) is 5.01 Å². The first kappa shape index (κ1) is 23.9. The van der Waals surface area contributed by atoms with Crippen molar-refractivity contribution in [2.24, 2.45) is 0 Å². The highest BCUT2D eigenvalue weighted by atomic mass is 35.5. The van der Waals surface area contributed by atoms with Crippen molar-refractivity contribution in [2.75, 3.05) is 20.6 Å². The molecule has 25 heavy (non-hydrogen) atoms. The molecular weight excluding hydrogens is 377 g/mol. The molecule has 0 aliphatic carbocycles. The zero-order valence-electron chi connectivity index (χ0n) is 15.3. The van der Waals surface area contributed by atoms with Crippen LogP contribution in [0.1, 0.15) is 35.5 Å². The first-order valence-electron chi connectivity index (χ1n) is 7.88. The van der Waals surface area contributed by atoms with Crippen LogP contribution in [0.2, 0.25) is 0 Å². The molecule has 0 fully saturated rings. The van der Waals surface area contributed by atoms with Crippen molar-refractivity contribution in [2.45, 2.75) is 33.2 Å². The van der Waals surface area contributed by atoms with Gasteiger partial charge in [0, 0.05) is 25.6 Å². The molecule has 2 aromatic rings. The molecule has 1 unspecified atom stereocenters. The highest BCUT2D eigenvalue weighted by Crippen LogP contribution is 2.34. The summed E-state index contributed by atoms with van der Waals surface area (Å²) in [6.45, 7) is 6.87. The number of aromatic nitrogens is 1. The summed E-state index contributed by atoms with van der Waals surface area (Å²) in [6, 6.07) is 8.44. The highest BCUT2D eigenvalue weighted by Gasteiger charge is 2.22. The molecule has 1 aromatic carbocycles. The first-order valence-corrected chi connectivity index (χ1v) is 8.70. The van der Waals surface area contributed by atoms with Gasteiger partial charge in [-0.2, -0.15) is 0 Å². The quantitative estimate of drug-likeness (QED) is 0.776. The molecule has 0 radical (unpaired) electrons. The van der Waals surface area contributed by atoms with E-state index in [1.165, 1.54) is 5.56 Å². The SMILES string of the molecule is CNCCC(=O)N(C)C(C)c1sc(-c2ccc(C)cc2)nc1C.Cl.Cl. The summed E-state index contributed by atoms with van der Waals surface area (Å²) in [5, 5.41) is 4.03. The minimum atomic E-state index is 0. The fourth-order valence-corrected chi connectivity index (χ4v) is 3.58. The average Bonchev–Trinajstić information content (AvgIpc) is 2.93. The van der Waals surface area contributed by atoms with Gasteiger partial charge >= 0.3 is 0 Å². The standard InChI is InChI=1S/C18H25N3OS.2ClH/c1-12-6-8-15(9-7-12)18-20-13(2)17(23-18)14(3)21(5)16(22)10-11-19-4;;/h6-9,14,19H,10-11H2,1-5H3;2*1H. The zero-order chi connectivity index (χ0) is 17.0. The van der Waals surface area contributed by atoms with Crippen LogP contribution in [0.3, 0.4) is 0 Å². The minimum Gasteiger partial charge on any atom is -0.338 e. The molecule has 2 rings (SSSR count). The van der Waals surface area contributed by atoms with Crippen LogP contribution in [-0.2, 0) is 4.79 Å². The smallest absolute Gasteiger partial charge is 0.224 e. The molecule has 4 nitrogen and oxygen atoms in total. The summed E-state index contributed by atoms with van der Waals surface area (Å²) in [7, 11) is 3.73. The van der Waals surface area contributed by atoms with Crippen molar-refractivity contribution in [3.8, 4) is 10.6 Å². The van der Waals surface area contributed by atoms with Gasteiger partial charge in [0.2, 0.25) is 5.91 Å². The van der Waals surface area contributed by atoms with Crippen LogP contribution in [0.25, 0.3) is 10.6 Å². The molecule has 0 aliphatic rings. The third-order valence-electron chi connectivity index (χ3n) is 4.07. The second kappa shape index (κ2) is 10.8. The second-order valence-corrected chi connectivity index (χ2v) is 6.90. The van der Waals surface area contributed by atoms with Crippen molar-refractivity contribution < 1.29 is 4.79 Å². The summed E-state index contributed by atoms with van der Waals surface area (Å²) < 4.78 is 0. The third kappa shape index (κ3) is 5.96. The van der Waals surface area contributed by atoms with E-state index in [1.54, 1.807) is 11.3 Å². The van der Waals surface area contributed by atoms with Gasteiger partial charge < -0.3 is 10.2 Å². The van der Waals surface area contributed by atoms with Gasteiger partial charge in [-0.15, -0.1) is 36.2 Å². The van der Waals surface area contributed by atoms with Gasteiger partial charge in [-0.3, -0.25) is 4.79 Å². The van der Waals surface area contributed by atoms with Crippen molar-refractivity contribution in [3.63, 3.8) is 0 Å². The number of nitrogens with one attached hydrogen (secondary N) is 1. The molecular formula is C18H27Cl2N3OS. The Labute approximate surface area is 166 Å². The Kier molecular flexibility index (Phi) is 10.3. The van der Waals surface area contributed by atoms with E-state index in [4.69, 9.17) is 4.98 Å². The van der Waals surface area contributed by atoms with Crippen molar-refractivity contribution in [1.29, 1.82) is 0 Å². The van der Waals surface area contributed by atoms with E-state index in [-0.39, 0.29) is 36.8 Å². The van der Waals surface area contributed by atoms with Gasteiger partial charge in [-0.05, 0) is 27.8 Å². The third-order valence-corrected chi connectivity index (χ3v) is 5.45. The first-order chi connectivity index (χ1) is 10.9. The van der Waals surface area contributed by atoms with E-state index in [2.05, 4.69) is 43.4 Å². The molecule has 0 bridgehead atoms. The number of carbonyl (C=O) groups is 1. The summed E-state index contributed by atoms with van der Waals surface area (Å²) in [5.74, 6) is 0.150. The Balaban J connectivity index is 0.00000288. The molecule has 140 valence electrons. The number of hydrogen-bond acceptors (Lipinski definition) is 4. The topological polar surface area (TPSA) is 45.2 Å². The fraction of sp³-hybridized carbons (Fsp3) is 0.444. The fourth-order valence-electron chi connectivity index (χ4n) is 2.42. The van der Waals surface area contributed by atoms with Crippen LogP contribution in [0.4, 0.5) is 0 Å². The lowest BCUT2D eigenvalue weighted by atomic mass is 10.1. The number of rotatable bonds is 6. The van der Waals surface area contributed by atoms with Crippen LogP contribution in [0.5, 0.6) is 0 Å². The van der Waals surface area contributed by atoms with E-state index in [0.29, 0.717) is 13.0 Å². The molecule has 1 N–H and O–H groups in total. The van der Waals surface area contributed by atoms with Gasteiger partial charge in [0.15, 0.2) is 0 Å². The monoisotopic (exact) mass is 403 g/mol. The Bertz CT molecular complexity index is 673. The zero-order valence-corrected chi connectivity index (χ0v) is 17.8. The Morgan fingerprint density at radius 1 is 1.24 bits per heavy atom. The Morgan fingerprint density at radius 2 is 1.84 bits per heavy atom. The second-order valence-electron chi connectivity index (χ2n) is 5.87. The lowest BCUT2D eigenvalue weighted by Gasteiger charge is -2.24. The molecule has 0 saturated heterocycles. The number of halogens is 2. The van der Waals surface area contributed by atoms with Crippen LogP contribution in [0.15, 0.2) is 24.3 Å². The van der Waals surface area contributed by atoms with E-state index in [9.17, 15) is 4.79 Å². The average molecular weight is 404 g/mol. The number of aryl methyl sites for hydroxylation is 2. The summed E-state index contributed by atoms with van der Waals surface area (Å²) in [6.07, 6.45) is 0.514. The molecule has 1 aromatic heterocycles. The maximum absolute atomic E-state index is 12.2. The molecule has 0 aliphatic heterocycles. The van der Waals surface area contributed by atoms with E-state index < -0.39 is 0 Å². The largest absolute Gasteiger partial charge is 0.338 e. The van der Waals surface area contributed by atoms with Crippen LogP contribution in [-0.4, -0.2) is 36.4 Å². The number of nitrogens with zero attached hydrogens (tertiary/aromatic N) is 2. The molecule has 7 heteroatoms. The van der Waals surface area contributed by atoms with Gasteiger partial charge in [0.25, 0.3) is 0 Å². The van der Waals surface area contributed by atoms with Crippen LogP contribution < -0.4 is 5.32 Å². The van der Waals surface area contributed by atoms with Crippen LogP contribution >= 0.6 is 36.2 Å². The van der Waals surface area contributed by atoms with Crippen molar-refractivity contribution in [1.82, 2.24) is 15.2 Å². The predicted molar refractivity (Wildman–Crippen MR) is 111 cm³/mol. The summed E-state index contributed by atoms with van der Waals surface area (Å²) in [5.41, 5.74) is 3.38. The summed E-state index contributed by atoms with van der Waals surface area (Å²) in [4.78, 5) is 19.9. The van der Waals surface area contributed by atoms with Crippen molar-refractivity contribution >= 4 is 42.1 Å².